The topological polar surface area (TPSA) is 71.2 Å². The van der Waals surface area contributed by atoms with E-state index in [2.05, 4.69) is 34.7 Å². The quantitative estimate of drug-likeness (QED) is 0.295. The molecular formula is C29H30N4O2. The molecule has 0 N–H and O–H groups in total. The third-order valence-electron chi connectivity index (χ3n) is 6.09. The Morgan fingerprint density at radius 1 is 1.11 bits per heavy atom. The average molecular weight is 467 g/mol. The Morgan fingerprint density at radius 3 is 2.63 bits per heavy atom. The van der Waals surface area contributed by atoms with Crippen LogP contribution >= 0.6 is 0 Å². The van der Waals surface area contributed by atoms with E-state index in [0.29, 0.717) is 25.3 Å². The van der Waals surface area contributed by atoms with Crippen LogP contribution in [0.15, 0.2) is 79.1 Å². The highest BCUT2D eigenvalue weighted by Crippen LogP contribution is 2.31. The first-order valence-electron chi connectivity index (χ1n) is 12.0. The molecule has 2 aromatic heterocycles. The van der Waals surface area contributed by atoms with Crippen molar-refractivity contribution in [3.8, 4) is 11.8 Å². The number of pyridine rings is 1. The number of nitrogens with zero attached hydrogens (tertiary/aromatic N) is 4. The summed E-state index contributed by atoms with van der Waals surface area (Å²) < 4.78 is 8.26. The number of carbonyl (C=O) groups is 1. The lowest BCUT2D eigenvalue weighted by Crippen LogP contribution is -2.33. The summed E-state index contributed by atoms with van der Waals surface area (Å²) in [5.74, 6) is 0.652. The van der Waals surface area contributed by atoms with E-state index in [0.717, 1.165) is 34.2 Å². The molecule has 1 atom stereocenters. The Balaban J connectivity index is 1.79. The lowest BCUT2D eigenvalue weighted by Gasteiger charge is -2.23. The van der Waals surface area contributed by atoms with Gasteiger partial charge >= 0.3 is 0 Å². The van der Waals surface area contributed by atoms with E-state index in [1.54, 1.807) is 17.3 Å². The molecule has 0 unspecified atom stereocenters. The van der Waals surface area contributed by atoms with E-state index >= 15 is 0 Å². The summed E-state index contributed by atoms with van der Waals surface area (Å²) in [6.07, 6.45) is 4.67. The molecule has 0 saturated carbocycles. The number of aromatic nitrogens is 2. The summed E-state index contributed by atoms with van der Waals surface area (Å²) in [4.78, 5) is 19.9. The van der Waals surface area contributed by atoms with Crippen LogP contribution in [0.3, 0.4) is 0 Å². The smallest absolute Gasteiger partial charge is 0.270 e. The van der Waals surface area contributed by atoms with Crippen molar-refractivity contribution in [2.75, 3.05) is 6.54 Å². The molecule has 2 heterocycles. The normalized spacial score (nSPS) is 11.7. The first-order valence-corrected chi connectivity index (χ1v) is 12.0. The standard InChI is InChI=1S/C29H30N4O2/c1-3-22(2)35-28-14-7-13-26-25(28)18-27(33(26)21-23-10-5-4-6-11-23)29(34)32(17-9-15-30)20-24-12-8-16-31-19-24/h4-8,10-14,16,18-19,22H,3,9,17,20-21H2,1-2H3/t22-/m1/s1. The summed E-state index contributed by atoms with van der Waals surface area (Å²) in [6, 6.07) is 24.0. The molecule has 6 nitrogen and oxygen atoms in total. The Morgan fingerprint density at radius 2 is 1.91 bits per heavy atom. The summed E-state index contributed by atoms with van der Waals surface area (Å²) in [7, 11) is 0. The van der Waals surface area contributed by atoms with Crippen molar-refractivity contribution in [1.29, 1.82) is 5.26 Å². The van der Waals surface area contributed by atoms with Gasteiger partial charge in [-0.05, 0) is 48.7 Å². The van der Waals surface area contributed by atoms with Crippen molar-refractivity contribution in [2.45, 2.75) is 45.9 Å². The van der Waals surface area contributed by atoms with Crippen LogP contribution < -0.4 is 4.74 Å². The summed E-state index contributed by atoms with van der Waals surface area (Å²) >= 11 is 0. The van der Waals surface area contributed by atoms with Crippen molar-refractivity contribution >= 4 is 16.8 Å². The molecule has 6 heteroatoms. The van der Waals surface area contributed by atoms with E-state index in [1.165, 1.54) is 0 Å². The van der Waals surface area contributed by atoms with Gasteiger partial charge in [-0.15, -0.1) is 0 Å². The van der Waals surface area contributed by atoms with Gasteiger partial charge in [-0.25, -0.2) is 0 Å². The van der Waals surface area contributed by atoms with Crippen molar-refractivity contribution in [3.63, 3.8) is 0 Å². The van der Waals surface area contributed by atoms with E-state index in [-0.39, 0.29) is 18.4 Å². The highest BCUT2D eigenvalue weighted by atomic mass is 16.5. The Bertz CT molecular complexity index is 1310. The minimum Gasteiger partial charge on any atom is -0.490 e. The minimum absolute atomic E-state index is 0.0648. The monoisotopic (exact) mass is 466 g/mol. The molecule has 0 aliphatic heterocycles. The molecule has 0 radical (unpaired) electrons. The molecule has 4 aromatic rings. The maximum Gasteiger partial charge on any atom is 0.270 e. The van der Waals surface area contributed by atoms with Crippen LogP contribution in [0.1, 0.15) is 48.3 Å². The zero-order valence-electron chi connectivity index (χ0n) is 20.2. The van der Waals surface area contributed by atoms with Gasteiger partial charge in [-0.2, -0.15) is 5.26 Å². The second-order valence-corrected chi connectivity index (χ2v) is 8.62. The number of carbonyl (C=O) groups excluding carboxylic acids is 1. The molecule has 2 aromatic carbocycles. The SMILES string of the molecule is CC[C@@H](C)Oc1cccc2c1cc(C(=O)N(CCC#N)Cc1cccnc1)n2Cc1ccccc1. The summed E-state index contributed by atoms with van der Waals surface area (Å²) in [5.41, 5.74) is 3.54. The van der Waals surface area contributed by atoms with Crippen molar-refractivity contribution in [1.82, 2.24) is 14.5 Å². The van der Waals surface area contributed by atoms with Crippen LogP contribution in [0.5, 0.6) is 5.75 Å². The fraction of sp³-hybridized carbons (Fsp3) is 0.276. The van der Waals surface area contributed by atoms with Gasteiger partial charge in [-0.1, -0.05) is 49.4 Å². The van der Waals surface area contributed by atoms with E-state index in [1.807, 2.05) is 61.5 Å². The highest BCUT2D eigenvalue weighted by molar-refractivity contribution is 6.00. The number of ether oxygens (including phenoxy) is 1. The van der Waals surface area contributed by atoms with Crippen LogP contribution in [-0.2, 0) is 13.1 Å². The Hall–Kier alpha value is -4.11. The number of fused-ring (bicyclic) bond motifs is 1. The first-order chi connectivity index (χ1) is 17.1. The predicted molar refractivity (Wildman–Crippen MR) is 137 cm³/mol. The molecule has 178 valence electrons. The molecule has 35 heavy (non-hydrogen) atoms. The lowest BCUT2D eigenvalue weighted by atomic mass is 10.2. The predicted octanol–water partition coefficient (Wildman–Crippen LogP) is 5.82. The Labute approximate surface area is 206 Å². The van der Waals surface area contributed by atoms with Gasteiger partial charge in [0.05, 0.1) is 24.1 Å². The fourth-order valence-corrected chi connectivity index (χ4v) is 4.09. The van der Waals surface area contributed by atoms with E-state index in [9.17, 15) is 10.1 Å². The first kappa shape index (κ1) is 24.0. The van der Waals surface area contributed by atoms with Gasteiger partial charge in [0.1, 0.15) is 11.4 Å². The molecule has 0 bridgehead atoms. The maximum atomic E-state index is 14.0. The third kappa shape index (κ3) is 5.70. The number of benzene rings is 2. The third-order valence-corrected chi connectivity index (χ3v) is 6.09. The maximum absolute atomic E-state index is 14.0. The van der Waals surface area contributed by atoms with Gasteiger partial charge in [0.15, 0.2) is 0 Å². The minimum atomic E-state index is -0.120. The zero-order valence-corrected chi connectivity index (χ0v) is 20.2. The molecule has 0 saturated heterocycles. The van der Waals surface area contributed by atoms with Gasteiger partial charge in [0.2, 0.25) is 0 Å². The van der Waals surface area contributed by atoms with Crippen LogP contribution in [-0.4, -0.2) is 33.0 Å². The number of nitriles is 1. The fourth-order valence-electron chi connectivity index (χ4n) is 4.09. The van der Waals surface area contributed by atoms with Crippen LogP contribution in [0, 0.1) is 11.3 Å². The Kier molecular flexibility index (Phi) is 7.79. The van der Waals surface area contributed by atoms with Crippen LogP contribution in [0.2, 0.25) is 0 Å². The average Bonchev–Trinajstić information content (AvgIpc) is 3.26. The zero-order chi connectivity index (χ0) is 24.6. The molecule has 0 aliphatic rings. The van der Waals surface area contributed by atoms with Crippen LogP contribution in [0.4, 0.5) is 0 Å². The summed E-state index contributed by atoms with van der Waals surface area (Å²) in [6.45, 7) is 5.41. The molecular weight excluding hydrogens is 436 g/mol. The van der Waals surface area contributed by atoms with Crippen molar-refractivity contribution in [3.05, 3.63) is 95.9 Å². The second kappa shape index (κ2) is 11.3. The van der Waals surface area contributed by atoms with E-state index < -0.39 is 0 Å². The number of rotatable bonds is 10. The van der Waals surface area contributed by atoms with E-state index in [4.69, 9.17) is 4.74 Å². The summed E-state index contributed by atoms with van der Waals surface area (Å²) in [5, 5.41) is 10.1. The lowest BCUT2D eigenvalue weighted by molar-refractivity contribution is 0.0737. The van der Waals surface area contributed by atoms with Crippen LogP contribution in [0.25, 0.3) is 10.9 Å². The van der Waals surface area contributed by atoms with Gasteiger partial charge in [0, 0.05) is 37.4 Å². The largest absolute Gasteiger partial charge is 0.490 e. The molecule has 0 fully saturated rings. The molecule has 0 spiro atoms. The molecule has 1 amide bonds. The number of hydrogen-bond acceptors (Lipinski definition) is 4. The molecule has 0 aliphatic carbocycles. The molecule has 4 rings (SSSR count). The van der Waals surface area contributed by atoms with Gasteiger partial charge in [-0.3, -0.25) is 9.78 Å². The van der Waals surface area contributed by atoms with Crippen molar-refractivity contribution in [2.24, 2.45) is 0 Å². The van der Waals surface area contributed by atoms with Gasteiger partial charge in [0.25, 0.3) is 5.91 Å². The highest BCUT2D eigenvalue weighted by Gasteiger charge is 2.23. The van der Waals surface area contributed by atoms with Gasteiger partial charge < -0.3 is 14.2 Å². The second-order valence-electron chi connectivity index (χ2n) is 8.62. The number of hydrogen-bond donors (Lipinski definition) is 0. The van der Waals surface area contributed by atoms with Crippen molar-refractivity contribution < 1.29 is 9.53 Å². The number of amides is 1.